The molecule has 27 heavy (non-hydrogen) atoms. The van der Waals surface area contributed by atoms with Gasteiger partial charge in [0.05, 0.1) is 18.6 Å². The highest BCUT2D eigenvalue weighted by Gasteiger charge is 2.21. The Hall–Kier alpha value is -2.73. The largest absolute Gasteiger partial charge is 0.497 e. The van der Waals surface area contributed by atoms with Gasteiger partial charge in [0, 0.05) is 31.5 Å². The Balaban J connectivity index is 1.43. The summed E-state index contributed by atoms with van der Waals surface area (Å²) in [5.74, 6) is 1.32. The topological polar surface area (TPSA) is 47.4 Å². The van der Waals surface area contributed by atoms with E-state index in [9.17, 15) is 4.79 Å². The van der Waals surface area contributed by atoms with E-state index in [0.29, 0.717) is 12.3 Å². The van der Waals surface area contributed by atoms with Crippen LogP contribution in [0.15, 0.2) is 66.1 Å². The Bertz CT molecular complexity index is 954. The fourth-order valence-electron chi connectivity index (χ4n) is 3.28. The van der Waals surface area contributed by atoms with Crippen molar-refractivity contribution in [2.75, 3.05) is 19.4 Å². The van der Waals surface area contributed by atoms with Crippen molar-refractivity contribution in [1.29, 1.82) is 0 Å². The molecule has 2 heterocycles. The molecule has 0 radical (unpaired) electrons. The van der Waals surface area contributed by atoms with Crippen molar-refractivity contribution in [3.05, 3.63) is 72.1 Å². The summed E-state index contributed by atoms with van der Waals surface area (Å²) in [6.45, 7) is 1.47. The highest BCUT2D eigenvalue weighted by atomic mass is 32.2. The van der Waals surface area contributed by atoms with Gasteiger partial charge in [-0.1, -0.05) is 42.1 Å². The van der Waals surface area contributed by atoms with Gasteiger partial charge in [0.25, 0.3) is 0 Å². The lowest BCUT2D eigenvalue weighted by atomic mass is 10.00. The maximum Gasteiger partial charge on any atom is 0.233 e. The first kappa shape index (κ1) is 17.7. The van der Waals surface area contributed by atoms with Crippen LogP contribution in [0.25, 0.3) is 5.69 Å². The molecule has 0 atom stereocenters. The molecule has 4 rings (SSSR count). The Kier molecular flexibility index (Phi) is 5.16. The number of amides is 1. The number of benzene rings is 2. The number of carbonyl (C=O) groups excluding carboxylic acids is 1. The minimum Gasteiger partial charge on any atom is -0.497 e. The average molecular weight is 379 g/mol. The molecule has 1 aliphatic rings. The van der Waals surface area contributed by atoms with Crippen LogP contribution in [0, 0.1) is 0 Å². The van der Waals surface area contributed by atoms with Crippen LogP contribution in [0.5, 0.6) is 5.75 Å². The number of ether oxygens (including phenoxy) is 1. The summed E-state index contributed by atoms with van der Waals surface area (Å²) < 4.78 is 7.28. The molecule has 1 aromatic heterocycles. The molecule has 0 spiro atoms. The van der Waals surface area contributed by atoms with Gasteiger partial charge in [0.2, 0.25) is 5.91 Å². The van der Waals surface area contributed by atoms with Gasteiger partial charge < -0.3 is 9.64 Å². The zero-order valence-electron chi connectivity index (χ0n) is 15.2. The monoisotopic (exact) mass is 379 g/mol. The molecule has 138 valence electrons. The maximum atomic E-state index is 12.7. The van der Waals surface area contributed by atoms with Gasteiger partial charge in [0.15, 0.2) is 5.16 Å². The first-order valence-corrected chi connectivity index (χ1v) is 9.88. The van der Waals surface area contributed by atoms with Crippen LogP contribution in [0.4, 0.5) is 0 Å². The summed E-state index contributed by atoms with van der Waals surface area (Å²) in [7, 11) is 1.65. The number of hydrogen-bond donors (Lipinski definition) is 0. The highest BCUT2D eigenvalue weighted by molar-refractivity contribution is 7.99. The zero-order valence-corrected chi connectivity index (χ0v) is 16.0. The lowest BCUT2D eigenvalue weighted by Gasteiger charge is -2.28. The number of thioether (sulfide) groups is 1. The van der Waals surface area contributed by atoms with Crippen LogP contribution in [-0.2, 0) is 17.8 Å². The van der Waals surface area contributed by atoms with Gasteiger partial charge in [-0.2, -0.15) is 0 Å². The van der Waals surface area contributed by atoms with Crippen LogP contribution in [-0.4, -0.2) is 39.8 Å². The quantitative estimate of drug-likeness (QED) is 0.636. The molecule has 1 amide bonds. The first-order valence-electron chi connectivity index (χ1n) is 8.90. The number of aromatic nitrogens is 2. The van der Waals surface area contributed by atoms with Gasteiger partial charge in [-0.25, -0.2) is 4.98 Å². The van der Waals surface area contributed by atoms with Crippen molar-refractivity contribution >= 4 is 17.7 Å². The molecule has 1 aliphatic heterocycles. The third-order valence-corrected chi connectivity index (χ3v) is 5.70. The number of methoxy groups -OCH3 is 1. The molecule has 0 saturated carbocycles. The number of imidazole rings is 1. The Morgan fingerprint density at radius 2 is 2.04 bits per heavy atom. The van der Waals surface area contributed by atoms with Crippen molar-refractivity contribution in [3.8, 4) is 11.4 Å². The standard InChI is InChI=1S/C21H21N3O2S/c1-26-19-8-4-7-18(13-19)24-12-10-22-21(24)27-15-20(25)23-11-9-16-5-2-3-6-17(16)14-23/h2-8,10,12-13H,9,11,14-15H2,1H3. The van der Waals surface area contributed by atoms with Crippen molar-refractivity contribution in [3.63, 3.8) is 0 Å². The fraction of sp³-hybridized carbons (Fsp3) is 0.238. The van der Waals surface area contributed by atoms with Gasteiger partial charge >= 0.3 is 0 Å². The normalized spacial score (nSPS) is 13.3. The van der Waals surface area contributed by atoms with Crippen LogP contribution in [0.3, 0.4) is 0 Å². The number of carbonyl (C=O) groups is 1. The van der Waals surface area contributed by atoms with Crippen molar-refractivity contribution in [2.24, 2.45) is 0 Å². The van der Waals surface area contributed by atoms with E-state index >= 15 is 0 Å². The highest BCUT2D eigenvalue weighted by Crippen LogP contribution is 2.24. The van der Waals surface area contributed by atoms with Crippen molar-refractivity contribution < 1.29 is 9.53 Å². The molecular formula is C21H21N3O2S. The summed E-state index contributed by atoms with van der Waals surface area (Å²) in [5.41, 5.74) is 3.57. The van der Waals surface area contributed by atoms with E-state index in [-0.39, 0.29) is 5.91 Å². The smallest absolute Gasteiger partial charge is 0.233 e. The Morgan fingerprint density at radius 3 is 2.89 bits per heavy atom. The molecule has 0 aliphatic carbocycles. The van der Waals surface area contributed by atoms with E-state index in [1.807, 2.05) is 46.0 Å². The molecular weight excluding hydrogens is 358 g/mol. The minimum atomic E-state index is 0.148. The molecule has 0 unspecified atom stereocenters. The number of hydrogen-bond acceptors (Lipinski definition) is 4. The molecule has 0 saturated heterocycles. The molecule has 2 aromatic carbocycles. The predicted octanol–water partition coefficient (Wildman–Crippen LogP) is 3.56. The third kappa shape index (κ3) is 3.85. The van der Waals surface area contributed by atoms with E-state index in [4.69, 9.17) is 4.74 Å². The van der Waals surface area contributed by atoms with Crippen LogP contribution < -0.4 is 4.74 Å². The van der Waals surface area contributed by atoms with Crippen molar-refractivity contribution in [2.45, 2.75) is 18.1 Å². The van der Waals surface area contributed by atoms with E-state index in [1.165, 1.54) is 22.9 Å². The van der Waals surface area contributed by atoms with Crippen LogP contribution in [0.2, 0.25) is 0 Å². The zero-order chi connectivity index (χ0) is 18.6. The van der Waals surface area contributed by atoms with Gasteiger partial charge in [-0.05, 0) is 29.7 Å². The predicted molar refractivity (Wildman–Crippen MR) is 106 cm³/mol. The molecule has 0 bridgehead atoms. The Labute approximate surface area is 163 Å². The lowest BCUT2D eigenvalue weighted by molar-refractivity contribution is -0.129. The fourth-order valence-corrected chi connectivity index (χ4v) is 4.16. The van der Waals surface area contributed by atoms with E-state index in [0.717, 1.165) is 29.6 Å². The third-order valence-electron chi connectivity index (χ3n) is 4.75. The van der Waals surface area contributed by atoms with Gasteiger partial charge in [0.1, 0.15) is 5.75 Å². The van der Waals surface area contributed by atoms with Crippen LogP contribution >= 0.6 is 11.8 Å². The summed E-state index contributed by atoms with van der Waals surface area (Å²) in [6.07, 6.45) is 4.58. The van der Waals surface area contributed by atoms with Gasteiger partial charge in [-0.3, -0.25) is 9.36 Å². The second-order valence-corrected chi connectivity index (χ2v) is 7.35. The van der Waals surface area contributed by atoms with E-state index in [2.05, 4.69) is 23.2 Å². The molecule has 0 fully saturated rings. The molecule has 3 aromatic rings. The average Bonchev–Trinajstić information content (AvgIpc) is 3.20. The Morgan fingerprint density at radius 1 is 1.19 bits per heavy atom. The summed E-state index contributed by atoms with van der Waals surface area (Å²) >= 11 is 1.46. The summed E-state index contributed by atoms with van der Waals surface area (Å²) in [4.78, 5) is 19.1. The lowest BCUT2D eigenvalue weighted by Crippen LogP contribution is -2.37. The summed E-state index contributed by atoms with van der Waals surface area (Å²) in [5, 5.41) is 0.800. The van der Waals surface area contributed by atoms with Crippen molar-refractivity contribution in [1.82, 2.24) is 14.5 Å². The number of rotatable bonds is 5. The van der Waals surface area contributed by atoms with E-state index < -0.39 is 0 Å². The molecule has 5 nitrogen and oxygen atoms in total. The number of fused-ring (bicyclic) bond motifs is 1. The van der Waals surface area contributed by atoms with Gasteiger partial charge in [-0.15, -0.1) is 0 Å². The maximum absolute atomic E-state index is 12.7. The second kappa shape index (κ2) is 7.88. The molecule has 6 heteroatoms. The first-order chi connectivity index (χ1) is 13.2. The van der Waals surface area contributed by atoms with Crippen LogP contribution in [0.1, 0.15) is 11.1 Å². The number of nitrogens with zero attached hydrogens (tertiary/aromatic N) is 3. The SMILES string of the molecule is COc1cccc(-n2ccnc2SCC(=O)N2CCc3ccccc3C2)c1. The molecule has 0 N–H and O–H groups in total. The summed E-state index contributed by atoms with van der Waals surface area (Å²) in [6, 6.07) is 16.2. The second-order valence-electron chi connectivity index (χ2n) is 6.40. The minimum absolute atomic E-state index is 0.148. The van der Waals surface area contributed by atoms with E-state index in [1.54, 1.807) is 13.3 Å².